The van der Waals surface area contributed by atoms with Crippen LogP contribution in [0.1, 0.15) is 12.5 Å². The Morgan fingerprint density at radius 1 is 1.48 bits per heavy atom. The quantitative estimate of drug-likeness (QED) is 0.830. The van der Waals surface area contributed by atoms with Crippen molar-refractivity contribution in [2.75, 3.05) is 12.4 Å². The van der Waals surface area contributed by atoms with Crippen molar-refractivity contribution in [2.45, 2.75) is 19.1 Å². The van der Waals surface area contributed by atoms with Crippen molar-refractivity contribution in [3.63, 3.8) is 0 Å². The van der Waals surface area contributed by atoms with Gasteiger partial charge in [-0.15, -0.1) is 0 Å². The Kier molecular flexibility index (Phi) is 5.08. The van der Waals surface area contributed by atoms with Crippen LogP contribution in [-0.2, 0) is 15.8 Å². The summed E-state index contributed by atoms with van der Waals surface area (Å²) in [5, 5.41) is 11.3. The number of hydrogen-bond donors (Lipinski definition) is 2. The average molecular weight is 307 g/mol. The number of nitrogens with zero attached hydrogens (tertiary/aromatic N) is 2. The monoisotopic (exact) mass is 307 g/mol. The SMILES string of the molecule is CON(C(=O)Nc1cc(C(F)(F)F)ccn1)[C@@H](C)C(=O)O. The molecular weight excluding hydrogens is 295 g/mol. The molecule has 0 fully saturated rings. The molecule has 1 atom stereocenters. The number of nitrogens with one attached hydrogen (secondary N) is 1. The molecule has 2 N–H and O–H groups in total. The molecular formula is C11H12F3N3O4. The van der Waals surface area contributed by atoms with E-state index in [0.29, 0.717) is 11.1 Å². The second kappa shape index (κ2) is 6.39. The molecule has 0 aliphatic heterocycles. The molecule has 1 aromatic heterocycles. The van der Waals surface area contributed by atoms with Crippen LogP contribution in [0.4, 0.5) is 23.8 Å². The van der Waals surface area contributed by atoms with Crippen LogP contribution in [0.2, 0.25) is 0 Å². The fourth-order valence-corrected chi connectivity index (χ4v) is 1.36. The van der Waals surface area contributed by atoms with Crippen LogP contribution in [0.5, 0.6) is 0 Å². The molecule has 1 heterocycles. The molecule has 7 nitrogen and oxygen atoms in total. The minimum Gasteiger partial charge on any atom is -0.480 e. The van der Waals surface area contributed by atoms with Gasteiger partial charge in [-0.3, -0.25) is 10.2 Å². The number of halogens is 3. The number of hydroxylamine groups is 2. The molecule has 0 saturated heterocycles. The predicted octanol–water partition coefficient (Wildman–Crippen LogP) is 1.97. The zero-order valence-corrected chi connectivity index (χ0v) is 11.0. The third kappa shape index (κ3) is 4.31. The molecule has 0 saturated carbocycles. The molecule has 10 heteroatoms. The largest absolute Gasteiger partial charge is 0.480 e. The lowest BCUT2D eigenvalue weighted by molar-refractivity contribution is -0.161. The van der Waals surface area contributed by atoms with Crippen LogP contribution < -0.4 is 5.32 Å². The Balaban J connectivity index is 2.90. The molecule has 0 unspecified atom stereocenters. The second-order valence-electron chi connectivity index (χ2n) is 3.88. The van der Waals surface area contributed by atoms with E-state index >= 15 is 0 Å². The maximum absolute atomic E-state index is 12.5. The highest BCUT2D eigenvalue weighted by Gasteiger charge is 2.31. The number of aromatic nitrogens is 1. The number of pyridine rings is 1. The van der Waals surface area contributed by atoms with Crippen molar-refractivity contribution in [3.8, 4) is 0 Å². The topological polar surface area (TPSA) is 91.8 Å². The minimum atomic E-state index is -4.59. The molecule has 0 radical (unpaired) electrons. The molecule has 0 aliphatic carbocycles. The second-order valence-corrected chi connectivity index (χ2v) is 3.88. The molecule has 2 amide bonds. The Labute approximate surface area is 117 Å². The third-order valence-electron chi connectivity index (χ3n) is 2.43. The van der Waals surface area contributed by atoms with Crippen LogP contribution in [0.25, 0.3) is 0 Å². The first-order valence-electron chi connectivity index (χ1n) is 5.57. The summed E-state index contributed by atoms with van der Waals surface area (Å²) in [6.45, 7) is 1.17. The van der Waals surface area contributed by atoms with Crippen molar-refractivity contribution in [2.24, 2.45) is 0 Å². The highest BCUT2D eigenvalue weighted by Crippen LogP contribution is 2.29. The van der Waals surface area contributed by atoms with Crippen LogP contribution in [0.15, 0.2) is 18.3 Å². The van der Waals surface area contributed by atoms with Gasteiger partial charge in [0.15, 0.2) is 6.04 Å². The van der Waals surface area contributed by atoms with Crippen molar-refractivity contribution in [1.29, 1.82) is 0 Å². The first-order valence-corrected chi connectivity index (χ1v) is 5.57. The lowest BCUT2D eigenvalue weighted by atomic mass is 10.2. The van der Waals surface area contributed by atoms with Gasteiger partial charge in [-0.05, 0) is 19.1 Å². The highest BCUT2D eigenvalue weighted by atomic mass is 19.4. The van der Waals surface area contributed by atoms with Gasteiger partial charge < -0.3 is 5.11 Å². The Bertz CT molecular complexity index is 536. The fraction of sp³-hybridized carbons (Fsp3) is 0.364. The molecule has 0 spiro atoms. The van der Waals surface area contributed by atoms with Crippen LogP contribution in [0.3, 0.4) is 0 Å². The molecule has 21 heavy (non-hydrogen) atoms. The van der Waals surface area contributed by atoms with Gasteiger partial charge in [-0.2, -0.15) is 18.2 Å². The lowest BCUT2D eigenvalue weighted by Gasteiger charge is -2.23. The summed E-state index contributed by atoms with van der Waals surface area (Å²) in [5.74, 6) is -1.72. The van der Waals surface area contributed by atoms with Gasteiger partial charge in [0, 0.05) is 6.20 Å². The van der Waals surface area contributed by atoms with Gasteiger partial charge in [0.2, 0.25) is 0 Å². The Morgan fingerprint density at radius 2 is 2.10 bits per heavy atom. The summed E-state index contributed by atoms with van der Waals surface area (Å²) < 4.78 is 37.5. The van der Waals surface area contributed by atoms with Gasteiger partial charge >= 0.3 is 18.2 Å². The first-order chi connectivity index (χ1) is 9.66. The standard InChI is InChI=1S/C11H12F3N3O4/c1-6(9(18)19)17(21-2)10(20)16-8-5-7(3-4-15-8)11(12,13)14/h3-6H,1-2H3,(H,18,19)(H,15,16,20)/t6-/m0/s1. The number of amides is 2. The van der Waals surface area contributed by atoms with E-state index in [-0.39, 0.29) is 5.82 Å². The third-order valence-corrected chi connectivity index (χ3v) is 2.43. The summed E-state index contributed by atoms with van der Waals surface area (Å²) in [6, 6.07) is -1.03. The number of carbonyl (C=O) groups excluding carboxylic acids is 1. The number of carbonyl (C=O) groups is 2. The minimum absolute atomic E-state index is 0.380. The number of carboxylic acid groups (broad SMARTS) is 1. The fourth-order valence-electron chi connectivity index (χ4n) is 1.36. The van der Waals surface area contributed by atoms with E-state index in [2.05, 4.69) is 9.82 Å². The van der Waals surface area contributed by atoms with Crippen LogP contribution in [-0.4, -0.2) is 40.3 Å². The molecule has 1 aromatic rings. The van der Waals surface area contributed by atoms with E-state index < -0.39 is 29.8 Å². The lowest BCUT2D eigenvalue weighted by Crippen LogP contribution is -2.44. The van der Waals surface area contributed by atoms with Crippen molar-refractivity contribution in [1.82, 2.24) is 10.0 Å². The summed E-state index contributed by atoms with van der Waals surface area (Å²) in [7, 11) is 1.05. The molecule has 1 rings (SSSR count). The van der Waals surface area contributed by atoms with E-state index in [9.17, 15) is 22.8 Å². The number of rotatable bonds is 4. The number of carboxylic acids is 1. The van der Waals surface area contributed by atoms with Crippen molar-refractivity contribution < 1.29 is 32.7 Å². The summed E-state index contributed by atoms with van der Waals surface area (Å²) >= 11 is 0. The van der Waals surface area contributed by atoms with E-state index in [4.69, 9.17) is 5.11 Å². The molecule has 116 valence electrons. The molecule has 0 bridgehead atoms. The number of anilines is 1. The van der Waals surface area contributed by atoms with Gasteiger partial charge in [-0.25, -0.2) is 14.6 Å². The first kappa shape index (κ1) is 16.7. The van der Waals surface area contributed by atoms with Crippen LogP contribution in [0, 0.1) is 0 Å². The van der Waals surface area contributed by atoms with Crippen LogP contribution >= 0.6 is 0 Å². The maximum Gasteiger partial charge on any atom is 0.416 e. The van der Waals surface area contributed by atoms with E-state index in [1.807, 2.05) is 5.32 Å². The number of hydrogen-bond acceptors (Lipinski definition) is 4. The van der Waals surface area contributed by atoms with E-state index in [1.165, 1.54) is 6.92 Å². The average Bonchev–Trinajstić information content (AvgIpc) is 2.38. The summed E-state index contributed by atoms with van der Waals surface area (Å²) in [6.07, 6.45) is -3.71. The van der Waals surface area contributed by atoms with Crippen molar-refractivity contribution >= 4 is 17.8 Å². The van der Waals surface area contributed by atoms with E-state index in [1.54, 1.807) is 0 Å². The highest BCUT2D eigenvalue weighted by molar-refractivity contribution is 5.90. The number of aliphatic carboxylic acids is 1. The molecule has 0 aromatic carbocycles. The summed E-state index contributed by atoms with van der Waals surface area (Å²) in [5.41, 5.74) is -0.997. The Hall–Kier alpha value is -2.36. The van der Waals surface area contributed by atoms with Gasteiger partial charge in [-0.1, -0.05) is 0 Å². The van der Waals surface area contributed by atoms with Gasteiger partial charge in [0.25, 0.3) is 0 Å². The predicted molar refractivity (Wildman–Crippen MR) is 64.2 cm³/mol. The smallest absolute Gasteiger partial charge is 0.416 e. The van der Waals surface area contributed by atoms with Crippen molar-refractivity contribution in [3.05, 3.63) is 23.9 Å². The zero-order chi connectivity index (χ0) is 16.2. The normalized spacial score (nSPS) is 12.6. The van der Waals surface area contributed by atoms with Gasteiger partial charge in [0.05, 0.1) is 12.7 Å². The zero-order valence-electron chi connectivity index (χ0n) is 11.0. The number of alkyl halides is 3. The Morgan fingerprint density at radius 3 is 2.57 bits per heavy atom. The van der Waals surface area contributed by atoms with E-state index in [0.717, 1.165) is 19.4 Å². The molecule has 0 aliphatic rings. The maximum atomic E-state index is 12.5. The van der Waals surface area contributed by atoms with Gasteiger partial charge in [0.1, 0.15) is 5.82 Å². The summed E-state index contributed by atoms with van der Waals surface area (Å²) in [4.78, 5) is 30.7. The number of urea groups is 1.